The van der Waals surface area contributed by atoms with Crippen molar-refractivity contribution in [1.82, 2.24) is 0 Å². The smallest absolute Gasteiger partial charge is 0.311 e. The summed E-state index contributed by atoms with van der Waals surface area (Å²) in [7, 11) is 1.32. The maximum absolute atomic E-state index is 12.2. The number of nitrogens with one attached hydrogen (secondary N) is 1. The maximum atomic E-state index is 12.2. The number of benzene rings is 2. The Hall–Kier alpha value is -3.37. The van der Waals surface area contributed by atoms with E-state index in [1.165, 1.54) is 37.5 Å². The lowest BCUT2D eigenvalue weighted by molar-refractivity contribution is -0.385. The Labute approximate surface area is 148 Å². The van der Waals surface area contributed by atoms with Crippen LogP contribution < -0.4 is 10.1 Å². The molecule has 2 rings (SSSR count). The summed E-state index contributed by atoms with van der Waals surface area (Å²) in [5, 5.41) is 23.2. The minimum absolute atomic E-state index is 0.0871. The maximum Gasteiger partial charge on any atom is 0.311 e. The van der Waals surface area contributed by atoms with E-state index in [1.807, 2.05) is 0 Å². The summed E-state index contributed by atoms with van der Waals surface area (Å²) in [5.41, 5.74) is 0.285. The van der Waals surface area contributed by atoms with Crippen molar-refractivity contribution in [3.8, 4) is 11.8 Å². The highest BCUT2D eigenvalue weighted by molar-refractivity contribution is 6.31. The van der Waals surface area contributed by atoms with Crippen LogP contribution in [0.5, 0.6) is 5.75 Å². The molecule has 0 aliphatic carbocycles. The minimum Gasteiger partial charge on any atom is -0.490 e. The third-order valence-corrected chi connectivity index (χ3v) is 3.39. The van der Waals surface area contributed by atoms with Crippen LogP contribution in [0.15, 0.2) is 48.0 Å². The van der Waals surface area contributed by atoms with Gasteiger partial charge in [0.15, 0.2) is 5.75 Å². The highest BCUT2D eigenvalue weighted by Crippen LogP contribution is 2.28. The standard InChI is InChI=1S/C17H12ClN3O4/c1-25-16-6-5-11(8-15(16)21(23)24)7-12(10-19)17(22)20-14-4-2-3-13(18)9-14/h2-9H,1H3,(H,20,22). The fraction of sp³-hybridized carbons (Fsp3) is 0.0588. The predicted molar refractivity (Wildman–Crippen MR) is 93.3 cm³/mol. The van der Waals surface area contributed by atoms with Crippen molar-refractivity contribution in [2.24, 2.45) is 0 Å². The number of nitro groups is 1. The monoisotopic (exact) mass is 357 g/mol. The lowest BCUT2D eigenvalue weighted by Crippen LogP contribution is -2.13. The first-order chi connectivity index (χ1) is 11.9. The lowest BCUT2D eigenvalue weighted by Gasteiger charge is -2.05. The van der Waals surface area contributed by atoms with Crippen molar-refractivity contribution in [2.75, 3.05) is 12.4 Å². The average molecular weight is 358 g/mol. The van der Waals surface area contributed by atoms with E-state index in [4.69, 9.17) is 16.3 Å². The number of carbonyl (C=O) groups excluding carboxylic acids is 1. The molecule has 1 amide bonds. The molecule has 25 heavy (non-hydrogen) atoms. The van der Waals surface area contributed by atoms with Gasteiger partial charge in [-0.1, -0.05) is 23.7 Å². The zero-order valence-electron chi connectivity index (χ0n) is 13.0. The van der Waals surface area contributed by atoms with E-state index in [2.05, 4.69) is 5.32 Å². The number of hydrogen-bond acceptors (Lipinski definition) is 5. The van der Waals surface area contributed by atoms with Crippen LogP contribution in [0.1, 0.15) is 5.56 Å². The number of nitriles is 1. The SMILES string of the molecule is COc1ccc(C=C(C#N)C(=O)Nc2cccc(Cl)c2)cc1[N+](=O)[O-]. The number of anilines is 1. The Morgan fingerprint density at radius 2 is 2.12 bits per heavy atom. The summed E-state index contributed by atoms with van der Waals surface area (Å²) in [4.78, 5) is 22.6. The van der Waals surface area contributed by atoms with Gasteiger partial charge in [-0.25, -0.2) is 0 Å². The van der Waals surface area contributed by atoms with E-state index in [0.29, 0.717) is 16.3 Å². The molecule has 8 heteroatoms. The van der Waals surface area contributed by atoms with E-state index in [9.17, 15) is 20.2 Å². The van der Waals surface area contributed by atoms with Gasteiger partial charge in [0, 0.05) is 16.8 Å². The first-order valence-electron chi connectivity index (χ1n) is 6.95. The van der Waals surface area contributed by atoms with Gasteiger partial charge in [0.2, 0.25) is 0 Å². The molecule has 0 atom stereocenters. The third-order valence-electron chi connectivity index (χ3n) is 3.16. The summed E-state index contributed by atoms with van der Waals surface area (Å²) < 4.78 is 4.91. The number of rotatable bonds is 5. The van der Waals surface area contributed by atoms with Crippen LogP contribution in [0.3, 0.4) is 0 Å². The molecule has 126 valence electrons. The van der Waals surface area contributed by atoms with Crippen LogP contribution in [-0.2, 0) is 4.79 Å². The number of hydrogen-bond donors (Lipinski definition) is 1. The third kappa shape index (κ3) is 4.56. The zero-order chi connectivity index (χ0) is 18.4. The summed E-state index contributed by atoms with van der Waals surface area (Å²) >= 11 is 5.84. The Morgan fingerprint density at radius 3 is 2.72 bits per heavy atom. The van der Waals surface area contributed by atoms with Gasteiger partial charge in [0.1, 0.15) is 11.6 Å². The summed E-state index contributed by atoms with van der Waals surface area (Å²) in [5.74, 6) is -0.563. The molecule has 0 saturated carbocycles. The summed E-state index contributed by atoms with van der Waals surface area (Å²) in [6.07, 6.45) is 1.26. The number of carbonyl (C=O) groups is 1. The van der Waals surface area contributed by atoms with Gasteiger partial charge in [0.05, 0.1) is 12.0 Å². The van der Waals surface area contributed by atoms with Gasteiger partial charge in [-0.2, -0.15) is 5.26 Å². The molecule has 0 heterocycles. The van der Waals surface area contributed by atoms with Crippen molar-refractivity contribution in [2.45, 2.75) is 0 Å². The highest BCUT2D eigenvalue weighted by atomic mass is 35.5. The molecule has 2 aromatic rings. The lowest BCUT2D eigenvalue weighted by atomic mass is 10.1. The number of nitrogens with zero attached hydrogens (tertiary/aromatic N) is 2. The second-order valence-corrected chi connectivity index (χ2v) is 5.26. The summed E-state index contributed by atoms with van der Waals surface area (Å²) in [6, 6.07) is 12.4. The van der Waals surface area contributed by atoms with Crippen LogP contribution in [0.2, 0.25) is 5.02 Å². The average Bonchev–Trinajstić information content (AvgIpc) is 2.59. The topological polar surface area (TPSA) is 105 Å². The van der Waals surface area contributed by atoms with E-state index in [1.54, 1.807) is 24.3 Å². The van der Waals surface area contributed by atoms with Gasteiger partial charge in [0.25, 0.3) is 5.91 Å². The highest BCUT2D eigenvalue weighted by Gasteiger charge is 2.16. The molecular weight excluding hydrogens is 346 g/mol. The van der Waals surface area contributed by atoms with Gasteiger partial charge >= 0.3 is 5.69 Å². The Balaban J connectivity index is 2.31. The normalized spacial score (nSPS) is 10.7. The molecule has 0 aliphatic rings. The molecule has 0 fully saturated rings. The van der Waals surface area contributed by atoms with Crippen molar-refractivity contribution in [3.05, 3.63) is 68.7 Å². The zero-order valence-corrected chi connectivity index (χ0v) is 13.8. The first kappa shape index (κ1) is 18.0. The molecule has 0 radical (unpaired) electrons. The molecule has 0 unspecified atom stereocenters. The van der Waals surface area contributed by atoms with E-state index in [-0.39, 0.29) is 17.0 Å². The second kappa shape index (κ2) is 7.95. The predicted octanol–water partition coefficient (Wildman–Crippen LogP) is 3.80. The fourth-order valence-corrected chi connectivity index (χ4v) is 2.21. The molecule has 0 bridgehead atoms. The quantitative estimate of drug-likeness (QED) is 0.379. The summed E-state index contributed by atoms with van der Waals surface area (Å²) in [6.45, 7) is 0. The molecular formula is C17H12ClN3O4. The molecule has 0 aromatic heterocycles. The van der Waals surface area contributed by atoms with Gasteiger partial charge < -0.3 is 10.1 Å². The number of methoxy groups -OCH3 is 1. The minimum atomic E-state index is -0.650. The Kier molecular flexibility index (Phi) is 5.71. The first-order valence-corrected chi connectivity index (χ1v) is 7.33. The molecule has 0 spiro atoms. The molecule has 1 N–H and O–H groups in total. The number of nitro benzene ring substituents is 1. The Morgan fingerprint density at radius 1 is 1.36 bits per heavy atom. The van der Waals surface area contributed by atoms with E-state index in [0.717, 1.165) is 0 Å². The van der Waals surface area contributed by atoms with Crippen LogP contribution in [0.25, 0.3) is 6.08 Å². The largest absolute Gasteiger partial charge is 0.490 e. The van der Waals surface area contributed by atoms with Crippen molar-refractivity contribution in [3.63, 3.8) is 0 Å². The van der Waals surface area contributed by atoms with Crippen LogP contribution in [-0.4, -0.2) is 17.9 Å². The molecule has 0 aliphatic heterocycles. The van der Waals surface area contributed by atoms with E-state index >= 15 is 0 Å². The van der Waals surface area contributed by atoms with E-state index < -0.39 is 10.8 Å². The fourth-order valence-electron chi connectivity index (χ4n) is 2.02. The van der Waals surface area contributed by atoms with Gasteiger partial charge in [-0.15, -0.1) is 0 Å². The van der Waals surface area contributed by atoms with Crippen molar-refractivity contribution in [1.29, 1.82) is 5.26 Å². The molecule has 7 nitrogen and oxygen atoms in total. The Bertz CT molecular complexity index is 903. The van der Waals surface area contributed by atoms with Crippen molar-refractivity contribution < 1.29 is 14.5 Å². The van der Waals surface area contributed by atoms with Gasteiger partial charge in [-0.3, -0.25) is 14.9 Å². The molecule has 2 aromatic carbocycles. The van der Waals surface area contributed by atoms with Crippen LogP contribution >= 0.6 is 11.6 Å². The number of halogens is 1. The van der Waals surface area contributed by atoms with Gasteiger partial charge in [-0.05, 0) is 35.9 Å². The second-order valence-electron chi connectivity index (χ2n) is 4.82. The van der Waals surface area contributed by atoms with Crippen molar-refractivity contribution >= 4 is 35.0 Å². The van der Waals surface area contributed by atoms with Crippen LogP contribution in [0.4, 0.5) is 11.4 Å². The number of ether oxygens (including phenoxy) is 1. The van der Waals surface area contributed by atoms with Crippen LogP contribution in [0, 0.1) is 21.4 Å². The molecule has 0 saturated heterocycles. The number of amides is 1.